The Morgan fingerprint density at radius 1 is 0.815 bits per heavy atom. The van der Waals surface area contributed by atoms with Gasteiger partial charge in [-0.15, -0.1) is 0 Å². The molecule has 0 bridgehead atoms. The normalized spacial score (nSPS) is 19.3. The van der Waals surface area contributed by atoms with E-state index in [4.69, 9.17) is 14.5 Å². The molecule has 286 valence electrons. The number of ether oxygens (including phenoxy) is 2. The molecule has 0 radical (unpaired) electrons. The highest BCUT2D eigenvalue weighted by Gasteiger charge is 2.39. The number of methoxy groups -OCH3 is 2. The maximum Gasteiger partial charge on any atom is 0.407 e. The van der Waals surface area contributed by atoms with Crippen LogP contribution in [-0.2, 0) is 19.1 Å². The molecule has 3 aromatic rings. The molecule has 6 rings (SSSR count). The van der Waals surface area contributed by atoms with Gasteiger partial charge in [-0.1, -0.05) is 75.7 Å². The van der Waals surface area contributed by atoms with Crippen LogP contribution in [0.2, 0.25) is 0 Å². The summed E-state index contributed by atoms with van der Waals surface area (Å²) in [5, 5.41) is 5.41. The number of aromatic nitrogens is 2. The number of nitrogens with zero attached hydrogens (tertiary/aromatic N) is 4. The minimum Gasteiger partial charge on any atom is -0.453 e. The molecule has 54 heavy (non-hydrogen) atoms. The SMILES string of the molecule is CCC[C@H](NC(=O)OC)C(=O)N1CCC[C@H]1c1ncc(-c2ccc(-c3ccc(C4=CN=C([C@@H]5CCCN5C(=O)[C@@H](NC(=O)OC)C(C)C)C4)cc3)cc2)[nH]1. The van der Waals surface area contributed by atoms with Gasteiger partial charge in [0.05, 0.1) is 38.2 Å². The van der Waals surface area contributed by atoms with Crippen molar-refractivity contribution < 1.29 is 28.7 Å². The second-order valence-corrected chi connectivity index (χ2v) is 14.5. The fraction of sp³-hybridized carbons (Fsp3) is 0.463. The van der Waals surface area contributed by atoms with Gasteiger partial charge in [-0.2, -0.15) is 0 Å². The maximum atomic E-state index is 13.5. The summed E-state index contributed by atoms with van der Waals surface area (Å²) in [5.41, 5.74) is 7.19. The standard InChI is InChI=1S/C41H51N7O6/c1-6-9-31(45-40(51)53-4)38(49)48-21-8-11-35(48)37-43-24-33(44-37)29-18-16-27(17-19-29)26-12-14-28(15-13-26)30-22-32(42-23-30)34-10-7-20-47(34)39(50)36(25(2)3)46-41(52)54-5/h12-19,23-25,31,34-36H,6-11,20-22H2,1-5H3,(H,43,44)(H,45,51)(H,46,52)/t31-,34-,35-,36-/m0/s1. The Balaban J connectivity index is 1.07. The van der Waals surface area contributed by atoms with Crippen molar-refractivity contribution in [3.05, 3.63) is 72.3 Å². The Labute approximate surface area is 316 Å². The minimum absolute atomic E-state index is 0.0831. The first-order chi connectivity index (χ1) is 26.1. The largest absolute Gasteiger partial charge is 0.453 e. The van der Waals surface area contributed by atoms with Crippen LogP contribution in [-0.4, -0.2) is 94.9 Å². The molecule has 13 heteroatoms. The second-order valence-electron chi connectivity index (χ2n) is 14.5. The molecule has 3 aliphatic heterocycles. The predicted molar refractivity (Wildman–Crippen MR) is 206 cm³/mol. The van der Waals surface area contributed by atoms with Crippen molar-refractivity contribution in [3.63, 3.8) is 0 Å². The molecule has 2 aromatic carbocycles. The van der Waals surface area contributed by atoms with Crippen molar-refractivity contribution in [2.24, 2.45) is 10.9 Å². The summed E-state index contributed by atoms with van der Waals surface area (Å²) >= 11 is 0. The number of imidazole rings is 1. The summed E-state index contributed by atoms with van der Waals surface area (Å²) in [7, 11) is 2.59. The van der Waals surface area contributed by atoms with Gasteiger partial charge in [-0.25, -0.2) is 14.6 Å². The van der Waals surface area contributed by atoms with Crippen molar-refractivity contribution in [2.45, 2.75) is 89.9 Å². The van der Waals surface area contributed by atoms with E-state index in [0.29, 0.717) is 25.9 Å². The van der Waals surface area contributed by atoms with Gasteiger partial charge in [-0.3, -0.25) is 14.6 Å². The molecule has 0 saturated carbocycles. The quantitative estimate of drug-likeness (QED) is 0.192. The minimum atomic E-state index is -0.659. The van der Waals surface area contributed by atoms with Crippen LogP contribution in [0.1, 0.15) is 83.1 Å². The molecule has 1 aromatic heterocycles. The average Bonchev–Trinajstić information content (AvgIpc) is 4.03. The zero-order valence-electron chi connectivity index (χ0n) is 31.8. The number of aromatic amines is 1. The second kappa shape index (κ2) is 17.1. The summed E-state index contributed by atoms with van der Waals surface area (Å²) < 4.78 is 9.51. The van der Waals surface area contributed by atoms with E-state index in [1.807, 2.05) is 43.0 Å². The number of likely N-dealkylation sites (tertiary alicyclic amines) is 2. The van der Waals surface area contributed by atoms with Gasteiger partial charge in [0, 0.05) is 31.4 Å². The van der Waals surface area contributed by atoms with Crippen molar-refractivity contribution in [2.75, 3.05) is 27.3 Å². The van der Waals surface area contributed by atoms with Gasteiger partial charge in [0.15, 0.2) is 0 Å². The van der Waals surface area contributed by atoms with E-state index in [1.54, 1.807) is 0 Å². The Morgan fingerprint density at radius 3 is 2.00 bits per heavy atom. The van der Waals surface area contributed by atoms with E-state index in [9.17, 15) is 19.2 Å². The first-order valence-corrected chi connectivity index (χ1v) is 18.9. The van der Waals surface area contributed by atoms with E-state index >= 15 is 0 Å². The van der Waals surface area contributed by atoms with Crippen LogP contribution in [0.3, 0.4) is 0 Å². The number of allylic oxidation sites excluding steroid dienone is 1. The molecule has 3 aliphatic rings. The van der Waals surface area contributed by atoms with E-state index in [2.05, 4.69) is 69.1 Å². The number of alkyl carbamates (subject to hydrolysis) is 2. The van der Waals surface area contributed by atoms with Gasteiger partial charge >= 0.3 is 12.2 Å². The van der Waals surface area contributed by atoms with E-state index < -0.39 is 24.3 Å². The monoisotopic (exact) mass is 737 g/mol. The first kappa shape index (κ1) is 38.3. The molecule has 0 unspecified atom stereocenters. The van der Waals surface area contributed by atoms with Crippen LogP contribution in [0.25, 0.3) is 28.0 Å². The summed E-state index contributed by atoms with van der Waals surface area (Å²) in [6, 6.07) is 15.2. The average molecular weight is 738 g/mol. The molecule has 4 atom stereocenters. The smallest absolute Gasteiger partial charge is 0.407 e. The van der Waals surface area contributed by atoms with E-state index in [1.165, 1.54) is 14.2 Å². The first-order valence-electron chi connectivity index (χ1n) is 18.9. The zero-order chi connectivity index (χ0) is 38.4. The molecular formula is C41H51N7O6. The van der Waals surface area contributed by atoms with E-state index in [0.717, 1.165) is 77.2 Å². The highest BCUT2D eigenvalue weighted by atomic mass is 16.5. The molecular weight excluding hydrogens is 686 g/mol. The molecule has 0 spiro atoms. The molecule has 2 fully saturated rings. The van der Waals surface area contributed by atoms with Crippen molar-refractivity contribution in [1.82, 2.24) is 30.4 Å². The van der Waals surface area contributed by atoms with E-state index in [-0.39, 0.29) is 29.8 Å². The third-order valence-electron chi connectivity index (χ3n) is 10.7. The van der Waals surface area contributed by atoms with Crippen molar-refractivity contribution >= 4 is 35.3 Å². The topological polar surface area (TPSA) is 158 Å². The summed E-state index contributed by atoms with van der Waals surface area (Å²) in [5.74, 6) is 0.436. The number of H-pyrrole nitrogens is 1. The third kappa shape index (κ3) is 8.35. The van der Waals surface area contributed by atoms with Gasteiger partial charge in [0.2, 0.25) is 11.8 Å². The van der Waals surface area contributed by atoms with Gasteiger partial charge in [0.1, 0.15) is 17.9 Å². The Bertz CT molecular complexity index is 1880. The number of rotatable bonds is 12. The Morgan fingerprint density at radius 2 is 1.39 bits per heavy atom. The number of hydrogen-bond donors (Lipinski definition) is 3. The number of amides is 4. The number of carbonyl (C=O) groups is 4. The third-order valence-corrected chi connectivity index (χ3v) is 10.7. The maximum absolute atomic E-state index is 13.5. The van der Waals surface area contributed by atoms with Gasteiger partial charge in [-0.05, 0) is 65.8 Å². The van der Waals surface area contributed by atoms with Crippen LogP contribution in [0.15, 0.2) is 65.9 Å². The summed E-state index contributed by atoms with van der Waals surface area (Å²) in [6.07, 6.45) is 7.84. The molecule has 0 aliphatic carbocycles. The Kier molecular flexibility index (Phi) is 12.1. The number of nitrogens with one attached hydrogen (secondary N) is 3. The molecule has 3 N–H and O–H groups in total. The fourth-order valence-corrected chi connectivity index (χ4v) is 7.72. The summed E-state index contributed by atoms with van der Waals surface area (Å²) in [4.78, 5) is 67.4. The molecule has 13 nitrogen and oxygen atoms in total. The number of benzene rings is 2. The zero-order valence-corrected chi connectivity index (χ0v) is 31.8. The van der Waals surface area contributed by atoms with Gasteiger partial charge < -0.3 is 34.9 Å². The molecule has 4 heterocycles. The highest BCUT2D eigenvalue weighted by molar-refractivity contribution is 6.04. The van der Waals surface area contributed by atoms with Crippen LogP contribution in [0, 0.1) is 5.92 Å². The number of carbonyl (C=O) groups excluding carboxylic acids is 4. The lowest BCUT2D eigenvalue weighted by Crippen LogP contribution is -2.53. The summed E-state index contributed by atoms with van der Waals surface area (Å²) in [6.45, 7) is 7.05. The molecule has 4 amide bonds. The molecule has 2 saturated heterocycles. The number of hydrogen-bond acceptors (Lipinski definition) is 8. The lowest BCUT2D eigenvalue weighted by molar-refractivity contribution is -0.135. The van der Waals surface area contributed by atoms with Crippen molar-refractivity contribution in [3.8, 4) is 22.4 Å². The van der Waals surface area contributed by atoms with Crippen LogP contribution in [0.4, 0.5) is 9.59 Å². The van der Waals surface area contributed by atoms with Crippen LogP contribution < -0.4 is 10.6 Å². The highest BCUT2D eigenvalue weighted by Crippen LogP contribution is 2.34. The van der Waals surface area contributed by atoms with Gasteiger partial charge in [0.25, 0.3) is 0 Å². The predicted octanol–water partition coefficient (Wildman–Crippen LogP) is 6.49. The Hall–Kier alpha value is -5.46. The number of aliphatic imine (C=N–C) groups is 1. The lowest BCUT2D eigenvalue weighted by Gasteiger charge is -2.31. The van der Waals surface area contributed by atoms with Crippen LogP contribution >= 0.6 is 0 Å². The van der Waals surface area contributed by atoms with Crippen molar-refractivity contribution in [1.29, 1.82) is 0 Å². The fourth-order valence-electron chi connectivity index (χ4n) is 7.72. The van der Waals surface area contributed by atoms with Crippen LogP contribution in [0.5, 0.6) is 0 Å². The lowest BCUT2D eigenvalue weighted by atomic mass is 9.95.